The number of nitrogens with one attached hydrogen (secondary N) is 1. The minimum atomic E-state index is -0.276. The summed E-state index contributed by atoms with van der Waals surface area (Å²) in [7, 11) is 0. The first kappa shape index (κ1) is 19.5. The first-order chi connectivity index (χ1) is 14.6. The number of fused-ring (bicyclic) bond motifs is 4. The predicted molar refractivity (Wildman–Crippen MR) is 111 cm³/mol. The number of hydrogen-bond donors (Lipinski definition) is 2. The highest BCUT2D eigenvalue weighted by atomic mass is 16.3. The molecule has 3 atom stereocenters. The van der Waals surface area contributed by atoms with Crippen LogP contribution in [0.2, 0.25) is 0 Å². The van der Waals surface area contributed by atoms with E-state index in [2.05, 4.69) is 21.2 Å². The van der Waals surface area contributed by atoms with E-state index in [-0.39, 0.29) is 23.5 Å². The topological polar surface area (TPSA) is 94.5 Å². The zero-order valence-corrected chi connectivity index (χ0v) is 17.2. The first-order valence-electron chi connectivity index (χ1n) is 11.0. The average molecular weight is 412 g/mol. The Kier molecular flexibility index (Phi) is 5.20. The molecule has 2 aromatic heterocycles. The van der Waals surface area contributed by atoms with Crippen LogP contribution < -0.4 is 5.56 Å². The van der Waals surface area contributed by atoms with Gasteiger partial charge < -0.3 is 14.6 Å². The third-order valence-corrected chi connectivity index (χ3v) is 6.86. The molecule has 0 aliphatic carbocycles. The van der Waals surface area contributed by atoms with Crippen LogP contribution in [0.1, 0.15) is 42.0 Å². The van der Waals surface area contributed by atoms with Gasteiger partial charge in [-0.05, 0) is 36.8 Å². The molecule has 2 saturated heterocycles. The van der Waals surface area contributed by atoms with Crippen LogP contribution in [0.4, 0.5) is 0 Å². The number of aromatic nitrogens is 3. The Morgan fingerprint density at radius 1 is 1.23 bits per heavy atom. The fourth-order valence-electron chi connectivity index (χ4n) is 5.34. The zero-order chi connectivity index (χ0) is 20.7. The number of piperidine rings is 1. The van der Waals surface area contributed by atoms with Crippen LogP contribution in [-0.2, 0) is 24.3 Å². The van der Waals surface area contributed by atoms with Crippen LogP contribution in [0, 0.1) is 5.92 Å². The number of aromatic amines is 1. The largest absolute Gasteiger partial charge is 0.392 e. The van der Waals surface area contributed by atoms with E-state index in [1.54, 1.807) is 6.20 Å². The predicted octanol–water partition coefficient (Wildman–Crippen LogP) is 0.717. The third-order valence-electron chi connectivity index (χ3n) is 6.86. The summed E-state index contributed by atoms with van der Waals surface area (Å²) in [5.41, 5.74) is 3.02. The van der Waals surface area contributed by atoms with Crippen LogP contribution in [0.15, 0.2) is 29.3 Å². The second kappa shape index (κ2) is 8.00. The third kappa shape index (κ3) is 3.81. The normalized spacial score (nSPS) is 26.0. The summed E-state index contributed by atoms with van der Waals surface area (Å²) >= 11 is 0. The van der Waals surface area contributed by atoms with Crippen molar-refractivity contribution in [1.82, 2.24) is 24.6 Å². The summed E-state index contributed by atoms with van der Waals surface area (Å²) in [5, 5.41) is 16.5. The Hall–Kier alpha value is -2.45. The summed E-state index contributed by atoms with van der Waals surface area (Å²) in [6.07, 6.45) is 6.34. The van der Waals surface area contributed by atoms with E-state index in [0.717, 1.165) is 42.8 Å². The van der Waals surface area contributed by atoms with Gasteiger partial charge in [0.25, 0.3) is 5.56 Å². The summed E-state index contributed by atoms with van der Waals surface area (Å²) in [6, 6.07) is 4.04. The van der Waals surface area contributed by atoms with Crippen LogP contribution >= 0.6 is 0 Å². The van der Waals surface area contributed by atoms with Gasteiger partial charge in [0.1, 0.15) is 0 Å². The van der Waals surface area contributed by atoms with E-state index in [4.69, 9.17) is 0 Å². The van der Waals surface area contributed by atoms with Crippen molar-refractivity contribution >= 4 is 5.91 Å². The van der Waals surface area contributed by atoms with Crippen molar-refractivity contribution in [3.8, 4) is 0 Å². The Labute approximate surface area is 175 Å². The molecule has 0 unspecified atom stereocenters. The maximum atomic E-state index is 13.1. The van der Waals surface area contributed by atoms with Crippen molar-refractivity contribution in [3.63, 3.8) is 0 Å². The van der Waals surface area contributed by atoms with Crippen LogP contribution in [0.3, 0.4) is 0 Å². The average Bonchev–Trinajstić information content (AvgIpc) is 3.40. The van der Waals surface area contributed by atoms with E-state index in [1.165, 1.54) is 0 Å². The number of β-amino-alcohol motifs (C(OH)–C–C–N with tert-alkyl or cyclic N) is 1. The van der Waals surface area contributed by atoms with E-state index in [1.807, 2.05) is 21.7 Å². The highest BCUT2D eigenvalue weighted by Crippen LogP contribution is 2.35. The number of aliphatic hydroxyl groups is 1. The van der Waals surface area contributed by atoms with Gasteiger partial charge in [0.05, 0.1) is 12.3 Å². The molecule has 1 amide bonds. The van der Waals surface area contributed by atoms with Crippen molar-refractivity contribution in [2.45, 2.75) is 50.8 Å². The molecule has 160 valence electrons. The van der Waals surface area contributed by atoms with Crippen LogP contribution in [0.25, 0.3) is 0 Å². The van der Waals surface area contributed by atoms with E-state index in [9.17, 15) is 14.7 Å². The molecule has 5 heterocycles. The van der Waals surface area contributed by atoms with Gasteiger partial charge in [-0.3, -0.25) is 19.6 Å². The second-order valence-corrected chi connectivity index (χ2v) is 9.08. The summed E-state index contributed by atoms with van der Waals surface area (Å²) < 4.78 is 1.95. The van der Waals surface area contributed by atoms with Crippen molar-refractivity contribution in [1.29, 1.82) is 0 Å². The SMILES string of the molecule is O=C(CCc1cn[nH]c1)N1C[C@@H]2C[C@H](C1)c1ccc(CN3CC[C@@H](O)C3)c(=O)n1C2. The number of pyridine rings is 1. The standard InChI is InChI=1S/C22H29N5O3/c28-19-5-6-25(14-19)12-17-2-3-20-18-7-16(11-27(20)22(17)30)10-26(13-18)21(29)4-1-15-8-23-24-9-15/h2-3,8-9,16,18-19,28H,1,4-7,10-14H2,(H,23,24)/t16-,18+,19+/m0/s1. The number of nitrogens with zero attached hydrogens (tertiary/aromatic N) is 4. The molecule has 5 rings (SSSR count). The molecule has 3 aliphatic rings. The van der Waals surface area contributed by atoms with Gasteiger partial charge in [0.2, 0.25) is 5.91 Å². The molecule has 3 aliphatic heterocycles. The Balaban J connectivity index is 1.28. The number of rotatable bonds is 5. The second-order valence-electron chi connectivity index (χ2n) is 9.08. The fraction of sp³-hybridized carbons (Fsp3) is 0.591. The molecule has 0 radical (unpaired) electrons. The molecule has 8 nitrogen and oxygen atoms in total. The van der Waals surface area contributed by atoms with Gasteiger partial charge in [0.15, 0.2) is 0 Å². The zero-order valence-electron chi connectivity index (χ0n) is 17.2. The number of hydrogen-bond acceptors (Lipinski definition) is 5. The maximum absolute atomic E-state index is 13.1. The van der Waals surface area contributed by atoms with Gasteiger partial charge in [0, 0.05) is 69.1 Å². The van der Waals surface area contributed by atoms with E-state index < -0.39 is 0 Å². The maximum Gasteiger partial charge on any atom is 0.255 e. The number of aliphatic hydroxyl groups excluding tert-OH is 1. The first-order valence-corrected chi connectivity index (χ1v) is 11.0. The molecule has 2 aromatic rings. The lowest BCUT2D eigenvalue weighted by atomic mass is 9.82. The molecule has 30 heavy (non-hydrogen) atoms. The van der Waals surface area contributed by atoms with Gasteiger partial charge in [-0.1, -0.05) is 6.07 Å². The number of likely N-dealkylation sites (tertiary alicyclic amines) is 2. The van der Waals surface area contributed by atoms with E-state index in [0.29, 0.717) is 44.9 Å². The molecule has 2 bridgehead atoms. The molecular weight excluding hydrogens is 382 g/mol. The lowest BCUT2D eigenvalue weighted by molar-refractivity contribution is -0.133. The molecule has 0 aromatic carbocycles. The molecular formula is C22H29N5O3. The van der Waals surface area contributed by atoms with Crippen LogP contribution in [-0.4, -0.2) is 67.9 Å². The summed E-state index contributed by atoms with van der Waals surface area (Å²) in [4.78, 5) is 30.1. The summed E-state index contributed by atoms with van der Waals surface area (Å²) in [5.74, 6) is 0.743. The lowest BCUT2D eigenvalue weighted by Crippen LogP contribution is -2.49. The number of aryl methyl sites for hydroxylation is 1. The Morgan fingerprint density at radius 3 is 2.90 bits per heavy atom. The summed E-state index contributed by atoms with van der Waals surface area (Å²) in [6.45, 7) is 4.19. The molecule has 2 N–H and O–H groups in total. The fourth-order valence-corrected chi connectivity index (χ4v) is 5.34. The Morgan fingerprint density at radius 2 is 2.13 bits per heavy atom. The van der Waals surface area contributed by atoms with E-state index >= 15 is 0 Å². The number of H-pyrrole nitrogens is 1. The van der Waals surface area contributed by atoms with Gasteiger partial charge in [-0.2, -0.15) is 5.10 Å². The Bertz CT molecular complexity index is 970. The highest BCUT2D eigenvalue weighted by molar-refractivity contribution is 5.76. The van der Waals surface area contributed by atoms with Gasteiger partial charge in [-0.25, -0.2) is 0 Å². The van der Waals surface area contributed by atoms with Crippen molar-refractivity contribution in [3.05, 3.63) is 51.7 Å². The number of carbonyl (C=O) groups excluding carboxylic acids is 1. The quantitative estimate of drug-likeness (QED) is 0.756. The minimum Gasteiger partial charge on any atom is -0.392 e. The highest BCUT2D eigenvalue weighted by Gasteiger charge is 2.36. The molecule has 0 spiro atoms. The molecule has 2 fully saturated rings. The number of amides is 1. The van der Waals surface area contributed by atoms with Crippen molar-refractivity contribution < 1.29 is 9.90 Å². The van der Waals surface area contributed by atoms with Gasteiger partial charge in [-0.15, -0.1) is 0 Å². The van der Waals surface area contributed by atoms with Crippen molar-refractivity contribution in [2.75, 3.05) is 26.2 Å². The van der Waals surface area contributed by atoms with Crippen LogP contribution in [0.5, 0.6) is 0 Å². The molecule has 0 saturated carbocycles. The lowest BCUT2D eigenvalue weighted by Gasteiger charge is -2.43. The smallest absolute Gasteiger partial charge is 0.255 e. The number of carbonyl (C=O) groups is 1. The van der Waals surface area contributed by atoms with Crippen molar-refractivity contribution in [2.24, 2.45) is 5.92 Å². The monoisotopic (exact) mass is 411 g/mol. The molecule has 8 heteroatoms. The van der Waals surface area contributed by atoms with Gasteiger partial charge >= 0.3 is 0 Å². The minimum absolute atomic E-state index is 0.100.